The molecule has 2 saturated heterocycles. The highest BCUT2D eigenvalue weighted by Gasteiger charge is 2.97. The van der Waals surface area contributed by atoms with Gasteiger partial charge >= 0.3 is 13.5 Å². The van der Waals surface area contributed by atoms with Crippen LogP contribution in [0, 0.1) is 0 Å². The van der Waals surface area contributed by atoms with Crippen LogP contribution >= 0.6 is 7.82 Å². The van der Waals surface area contributed by atoms with Crippen molar-refractivity contribution < 1.29 is 32.4 Å². The van der Waals surface area contributed by atoms with Crippen LogP contribution in [-0.2, 0) is 22.9 Å². The van der Waals surface area contributed by atoms with E-state index < -0.39 is 61.0 Å². The Morgan fingerprint density at radius 1 is 1.50 bits per heavy atom. The van der Waals surface area contributed by atoms with Gasteiger partial charge < -0.3 is 9.84 Å². The topological polar surface area (TPSA) is 129 Å². The molecule has 6 atom stereocenters. The molecule has 3 heterocycles. The second kappa shape index (κ2) is 5.12. The molecule has 26 heavy (non-hydrogen) atoms. The molecule has 12 heteroatoms. The van der Waals surface area contributed by atoms with E-state index in [9.17, 15) is 23.7 Å². The second-order valence-corrected chi connectivity index (χ2v) is 8.63. The number of alkyl halides is 1. The molecule has 0 aromatic carbocycles. The Balaban J connectivity index is 1.77. The van der Waals surface area contributed by atoms with Crippen LogP contribution in [0.5, 0.6) is 0 Å². The number of ether oxygens (including phenoxy) is 1. The predicted molar refractivity (Wildman–Crippen MR) is 83.3 cm³/mol. The summed E-state index contributed by atoms with van der Waals surface area (Å²) in [7, 11) is -4.15. The number of hydrogen-bond acceptors (Lipinski definition) is 8. The van der Waals surface area contributed by atoms with Crippen LogP contribution in [0.2, 0.25) is 0 Å². The fraction of sp³-hybridized carbons (Fsp3) is 0.714. The van der Waals surface area contributed by atoms with Gasteiger partial charge in [-0.3, -0.25) is 27.9 Å². The zero-order valence-corrected chi connectivity index (χ0v) is 15.1. The number of aromatic nitrogens is 2. The summed E-state index contributed by atoms with van der Waals surface area (Å²) in [5.74, 6) is 0. The lowest BCUT2D eigenvalue weighted by Gasteiger charge is -2.36. The number of aromatic amines is 1. The van der Waals surface area contributed by atoms with Gasteiger partial charge in [0.05, 0.1) is 12.7 Å². The summed E-state index contributed by atoms with van der Waals surface area (Å²) >= 11 is 0. The molecule has 0 amide bonds. The number of hydrogen-bond donors (Lipinski definition) is 2. The van der Waals surface area contributed by atoms with Gasteiger partial charge in [-0.25, -0.2) is 13.8 Å². The summed E-state index contributed by atoms with van der Waals surface area (Å²) in [5.41, 5.74) is -7.35. The Bertz CT molecular complexity index is 928. The molecule has 10 nitrogen and oxygen atoms in total. The lowest BCUT2D eigenvalue weighted by molar-refractivity contribution is -0.151. The first-order valence-corrected chi connectivity index (χ1v) is 9.45. The number of H-pyrrole nitrogens is 1. The van der Waals surface area contributed by atoms with E-state index in [0.29, 0.717) is 0 Å². The van der Waals surface area contributed by atoms with Crippen LogP contribution < -0.4 is 11.2 Å². The van der Waals surface area contributed by atoms with Crippen molar-refractivity contribution >= 4 is 7.82 Å². The fourth-order valence-corrected chi connectivity index (χ4v) is 5.63. The molecule has 0 spiro atoms. The Kier molecular flexibility index (Phi) is 3.55. The minimum absolute atomic E-state index is 0.483. The van der Waals surface area contributed by atoms with Gasteiger partial charge in [0.1, 0.15) is 5.60 Å². The van der Waals surface area contributed by atoms with Crippen LogP contribution in [0.3, 0.4) is 0 Å². The zero-order valence-electron chi connectivity index (χ0n) is 14.2. The van der Waals surface area contributed by atoms with Crippen LogP contribution in [0.4, 0.5) is 4.39 Å². The van der Waals surface area contributed by atoms with Crippen molar-refractivity contribution in [2.45, 2.75) is 56.1 Å². The van der Waals surface area contributed by atoms with Crippen molar-refractivity contribution in [2.24, 2.45) is 0 Å². The molecule has 4 rings (SSSR count). The van der Waals surface area contributed by atoms with Crippen molar-refractivity contribution in [1.82, 2.24) is 9.55 Å². The van der Waals surface area contributed by atoms with Gasteiger partial charge in [-0.15, -0.1) is 0 Å². The molecule has 1 aromatic heterocycles. The minimum atomic E-state index is -4.15. The van der Waals surface area contributed by atoms with E-state index in [0.717, 1.165) is 16.8 Å². The van der Waals surface area contributed by atoms with Crippen molar-refractivity contribution in [3.63, 3.8) is 0 Å². The highest BCUT2D eigenvalue weighted by atomic mass is 31.2. The van der Waals surface area contributed by atoms with Gasteiger partial charge in [0, 0.05) is 12.3 Å². The van der Waals surface area contributed by atoms with Gasteiger partial charge in [0.25, 0.3) is 5.56 Å². The van der Waals surface area contributed by atoms with Crippen molar-refractivity contribution in [3.05, 3.63) is 33.1 Å². The first-order chi connectivity index (χ1) is 12.0. The first-order valence-electron chi connectivity index (χ1n) is 7.98. The van der Waals surface area contributed by atoms with Crippen molar-refractivity contribution in [1.29, 1.82) is 0 Å². The molecule has 3 fully saturated rings. The maximum Gasteiger partial charge on any atom is 0.476 e. The van der Waals surface area contributed by atoms with E-state index in [1.165, 1.54) is 6.92 Å². The maximum atomic E-state index is 14.8. The lowest BCUT2D eigenvalue weighted by atomic mass is 9.94. The number of phosphoric ester groups is 1. The highest BCUT2D eigenvalue weighted by Crippen LogP contribution is 2.78. The van der Waals surface area contributed by atoms with Crippen LogP contribution in [0.25, 0.3) is 0 Å². The van der Waals surface area contributed by atoms with E-state index in [2.05, 4.69) is 0 Å². The van der Waals surface area contributed by atoms with Gasteiger partial charge in [-0.1, -0.05) is 0 Å². The normalized spacial score (nSPS) is 46.8. The molecule has 144 valence electrons. The molecule has 0 bridgehead atoms. The highest BCUT2D eigenvalue weighted by molar-refractivity contribution is 7.48. The number of nitrogens with one attached hydrogen (secondary N) is 1. The number of aliphatic hydroxyl groups is 1. The summed E-state index contributed by atoms with van der Waals surface area (Å²) in [6.07, 6.45) is -2.66. The Morgan fingerprint density at radius 2 is 2.19 bits per heavy atom. The molecule has 1 saturated carbocycles. The quantitative estimate of drug-likeness (QED) is 0.700. The van der Waals surface area contributed by atoms with E-state index >= 15 is 0 Å². The Hall–Kier alpha value is -1.36. The lowest BCUT2D eigenvalue weighted by Crippen LogP contribution is -2.52. The standard InChI is InChI=1S/C14H18FN2O8P/c1-7(2)24-26(21)22-6-13-9(15)14(13,25-26)12(3,20)10(23-13)17-5-4-8(18)16-11(17)19/h4-5,7,9-10,20H,6H2,1-3H3,(H,16,18,19)/t9?,10-,12-,13-,14-,26?/m0/s1. The first kappa shape index (κ1) is 18.0. The third kappa shape index (κ3) is 2.01. The largest absolute Gasteiger partial charge is 0.476 e. The fourth-order valence-electron chi connectivity index (χ4n) is 3.82. The van der Waals surface area contributed by atoms with Crippen LogP contribution in [0.1, 0.15) is 27.0 Å². The van der Waals surface area contributed by atoms with Gasteiger partial charge in [0.15, 0.2) is 23.6 Å². The SMILES string of the molecule is CC(C)OP1(=O)OC[C@@]23O[C@H](n4ccc(=O)[nH]c4=O)[C@](C)(O)[C@@]2(O1)C3F. The molecular weight excluding hydrogens is 374 g/mol. The summed E-state index contributed by atoms with van der Waals surface area (Å²) in [6.45, 7) is 3.92. The maximum absolute atomic E-state index is 14.8. The Labute approximate surface area is 146 Å². The summed E-state index contributed by atoms with van der Waals surface area (Å²) in [6, 6.07) is 1.06. The van der Waals surface area contributed by atoms with Gasteiger partial charge in [0.2, 0.25) is 0 Å². The van der Waals surface area contributed by atoms with Crippen LogP contribution in [0.15, 0.2) is 21.9 Å². The molecule has 2 aliphatic heterocycles. The molecular formula is C14H18FN2O8P. The second-order valence-electron chi connectivity index (χ2n) is 7.09. The van der Waals surface area contributed by atoms with Crippen molar-refractivity contribution in [3.8, 4) is 0 Å². The molecule has 1 aromatic rings. The predicted octanol–water partition coefficient (Wildman–Crippen LogP) is 0.226. The molecule has 2 unspecified atom stereocenters. The Morgan fingerprint density at radius 3 is 2.81 bits per heavy atom. The molecule has 0 radical (unpaired) electrons. The van der Waals surface area contributed by atoms with E-state index in [1.54, 1.807) is 13.8 Å². The average molecular weight is 392 g/mol. The molecule has 1 aliphatic carbocycles. The summed E-state index contributed by atoms with van der Waals surface area (Å²) in [5, 5.41) is 11.1. The zero-order chi connectivity index (χ0) is 19.1. The van der Waals surface area contributed by atoms with Crippen LogP contribution in [-0.4, -0.2) is 50.3 Å². The average Bonchev–Trinajstić information content (AvgIpc) is 2.95. The van der Waals surface area contributed by atoms with E-state index in [-0.39, 0.29) is 0 Å². The van der Waals surface area contributed by atoms with E-state index in [1.807, 2.05) is 4.98 Å². The molecule has 3 aliphatic rings. The minimum Gasteiger partial charge on any atom is -0.382 e. The summed E-state index contributed by atoms with van der Waals surface area (Å²) < 4.78 is 49.7. The van der Waals surface area contributed by atoms with Gasteiger partial charge in [-0.05, 0) is 20.8 Å². The molecule has 2 N–H and O–H groups in total. The number of halogens is 1. The number of nitrogens with zero attached hydrogens (tertiary/aromatic N) is 1. The summed E-state index contributed by atoms with van der Waals surface area (Å²) in [4.78, 5) is 25.3. The number of phosphoric acid groups is 1. The van der Waals surface area contributed by atoms with E-state index in [4.69, 9.17) is 18.3 Å². The number of rotatable bonds is 3. The van der Waals surface area contributed by atoms with Crippen molar-refractivity contribution in [2.75, 3.05) is 6.61 Å². The monoisotopic (exact) mass is 392 g/mol. The smallest absolute Gasteiger partial charge is 0.382 e. The third-order valence-electron chi connectivity index (χ3n) is 5.00. The third-order valence-corrected chi connectivity index (χ3v) is 6.64. The van der Waals surface area contributed by atoms with Gasteiger partial charge in [-0.2, -0.15) is 0 Å².